The van der Waals surface area contributed by atoms with Crippen molar-refractivity contribution in [3.05, 3.63) is 34.9 Å². The van der Waals surface area contributed by atoms with Crippen molar-refractivity contribution < 1.29 is 50.0 Å². The third-order valence-electron chi connectivity index (χ3n) is 5.85. The van der Waals surface area contributed by atoms with Crippen molar-refractivity contribution in [2.75, 3.05) is 6.61 Å². The number of hydrogen-bond acceptors (Lipinski definition) is 10. The molecule has 7 N–H and O–H groups in total. The lowest BCUT2D eigenvalue weighted by Gasteiger charge is -2.41. The van der Waals surface area contributed by atoms with Crippen molar-refractivity contribution in [2.24, 2.45) is 0 Å². The van der Waals surface area contributed by atoms with Crippen LogP contribution in [0.3, 0.4) is 0 Å². The smallest absolute Gasteiger partial charge is 0.195 e. The Bertz CT molecular complexity index is 1020. The molecule has 2 aromatic carbocycles. The summed E-state index contributed by atoms with van der Waals surface area (Å²) in [5.41, 5.74) is 0.695. The highest BCUT2D eigenvalue weighted by Gasteiger charge is 2.46. The Kier molecular flexibility index (Phi) is 5.64. The Morgan fingerprint density at radius 1 is 1.06 bits per heavy atom. The molecule has 0 radical (unpaired) electrons. The van der Waals surface area contributed by atoms with Crippen LogP contribution in [0.25, 0.3) is 10.8 Å². The topological polar surface area (TPSA) is 177 Å². The standard InChI is InChI=1S/C21H24O10/c1-7-2-8-4-9-12(30-21-20(29)19(28)17(26)13(6-22)31-21)5-11(24)16(25)15(9)18(27)14(8)10(23)3-7/h2-4,11-13,17,19-24,26-29H,5-6H2,1H3. The molecular formula is C21H24O10. The zero-order valence-electron chi connectivity index (χ0n) is 16.5. The zero-order valence-corrected chi connectivity index (χ0v) is 16.5. The molecule has 0 spiro atoms. The molecule has 7 unspecified atom stereocenters. The maximum atomic E-state index is 12.6. The van der Waals surface area contributed by atoms with E-state index in [1.165, 1.54) is 12.1 Å². The van der Waals surface area contributed by atoms with E-state index >= 15 is 0 Å². The van der Waals surface area contributed by atoms with Gasteiger partial charge in [0.1, 0.15) is 42.0 Å². The second kappa shape index (κ2) is 7.99. The van der Waals surface area contributed by atoms with Crippen LogP contribution in [-0.4, -0.2) is 84.9 Å². The van der Waals surface area contributed by atoms with Gasteiger partial charge in [0.2, 0.25) is 0 Å². The Hall–Kier alpha value is -2.31. The van der Waals surface area contributed by atoms with Crippen LogP contribution in [0.1, 0.15) is 34.0 Å². The van der Waals surface area contributed by atoms with E-state index in [4.69, 9.17) is 9.47 Å². The summed E-state index contributed by atoms with van der Waals surface area (Å²) in [6.07, 6.45) is -10.4. The van der Waals surface area contributed by atoms with E-state index in [2.05, 4.69) is 0 Å². The second-order valence-electron chi connectivity index (χ2n) is 8.01. The van der Waals surface area contributed by atoms with E-state index in [0.717, 1.165) is 0 Å². The van der Waals surface area contributed by atoms with Gasteiger partial charge in [-0.3, -0.25) is 4.79 Å². The van der Waals surface area contributed by atoms with Crippen LogP contribution in [0.2, 0.25) is 0 Å². The van der Waals surface area contributed by atoms with Crippen LogP contribution in [0.15, 0.2) is 18.2 Å². The van der Waals surface area contributed by atoms with Crippen molar-refractivity contribution in [2.45, 2.75) is 56.3 Å². The molecule has 10 heteroatoms. The summed E-state index contributed by atoms with van der Waals surface area (Å²) in [4.78, 5) is 12.6. The summed E-state index contributed by atoms with van der Waals surface area (Å²) in [6.45, 7) is 1.10. The maximum Gasteiger partial charge on any atom is 0.195 e. The number of fused-ring (bicyclic) bond motifs is 2. The number of ether oxygens (including phenoxy) is 2. The van der Waals surface area contributed by atoms with Crippen LogP contribution in [0, 0.1) is 6.92 Å². The molecule has 2 aliphatic rings. The molecule has 2 aromatic rings. The lowest BCUT2D eigenvalue weighted by molar-refractivity contribution is -0.313. The van der Waals surface area contributed by atoms with Crippen molar-refractivity contribution in [1.29, 1.82) is 0 Å². The first-order valence-corrected chi connectivity index (χ1v) is 9.81. The normalized spacial score (nSPS) is 33.5. The average molecular weight is 436 g/mol. The summed E-state index contributed by atoms with van der Waals surface area (Å²) in [5.74, 6) is -1.48. The van der Waals surface area contributed by atoms with Crippen molar-refractivity contribution in [3.8, 4) is 11.5 Å². The number of aryl methyl sites for hydroxylation is 1. The summed E-state index contributed by atoms with van der Waals surface area (Å²) in [7, 11) is 0. The Balaban J connectivity index is 1.78. The fourth-order valence-corrected chi connectivity index (χ4v) is 4.25. The fourth-order valence-electron chi connectivity index (χ4n) is 4.25. The molecule has 0 bridgehead atoms. The molecule has 168 valence electrons. The first-order valence-electron chi connectivity index (χ1n) is 9.81. The third kappa shape index (κ3) is 3.56. The fraction of sp³-hybridized carbons (Fsp3) is 0.476. The number of Topliss-reactive ketones (excluding diaryl/α,β-unsaturated/α-hetero) is 1. The Morgan fingerprint density at radius 3 is 2.45 bits per heavy atom. The average Bonchev–Trinajstić information content (AvgIpc) is 2.71. The van der Waals surface area contributed by atoms with Gasteiger partial charge in [-0.15, -0.1) is 0 Å². The van der Waals surface area contributed by atoms with Gasteiger partial charge in [-0.2, -0.15) is 0 Å². The monoisotopic (exact) mass is 436 g/mol. The summed E-state index contributed by atoms with van der Waals surface area (Å²) >= 11 is 0. The van der Waals surface area contributed by atoms with E-state index < -0.39 is 61.1 Å². The summed E-state index contributed by atoms with van der Waals surface area (Å²) in [5, 5.41) is 71.3. The number of carbonyl (C=O) groups is 1. The second-order valence-corrected chi connectivity index (χ2v) is 8.01. The van der Waals surface area contributed by atoms with Crippen LogP contribution >= 0.6 is 0 Å². The van der Waals surface area contributed by atoms with Crippen molar-refractivity contribution in [3.63, 3.8) is 0 Å². The van der Waals surface area contributed by atoms with E-state index in [9.17, 15) is 40.5 Å². The van der Waals surface area contributed by atoms with Gasteiger partial charge in [-0.25, -0.2) is 0 Å². The Morgan fingerprint density at radius 2 is 1.77 bits per heavy atom. The number of aliphatic hydroxyl groups excluding tert-OH is 5. The number of hydrogen-bond donors (Lipinski definition) is 7. The molecule has 1 aliphatic heterocycles. The third-order valence-corrected chi connectivity index (χ3v) is 5.85. The molecule has 1 heterocycles. The number of aliphatic hydroxyl groups is 5. The van der Waals surface area contributed by atoms with Crippen LogP contribution < -0.4 is 0 Å². The Labute approximate surface area is 176 Å². The highest BCUT2D eigenvalue weighted by molar-refractivity contribution is 6.10. The molecule has 7 atom stereocenters. The molecule has 4 rings (SSSR count). The quantitative estimate of drug-likeness (QED) is 0.328. The molecule has 1 saturated heterocycles. The number of aromatic hydroxyl groups is 2. The van der Waals surface area contributed by atoms with Gasteiger partial charge < -0.3 is 45.2 Å². The van der Waals surface area contributed by atoms with Crippen LogP contribution in [0.5, 0.6) is 11.5 Å². The van der Waals surface area contributed by atoms with Crippen molar-refractivity contribution in [1.82, 2.24) is 0 Å². The lowest BCUT2D eigenvalue weighted by atomic mass is 9.83. The molecule has 1 fully saturated rings. The van der Waals surface area contributed by atoms with Gasteiger partial charge in [-0.05, 0) is 35.6 Å². The predicted octanol–water partition coefficient (Wildman–Crippen LogP) is -0.636. The van der Waals surface area contributed by atoms with E-state index in [-0.39, 0.29) is 28.7 Å². The van der Waals surface area contributed by atoms with Gasteiger partial charge >= 0.3 is 0 Å². The number of benzene rings is 2. The minimum Gasteiger partial charge on any atom is -0.507 e. The van der Waals surface area contributed by atoms with Gasteiger partial charge in [0.15, 0.2) is 12.1 Å². The van der Waals surface area contributed by atoms with E-state index in [0.29, 0.717) is 10.9 Å². The predicted molar refractivity (Wildman–Crippen MR) is 105 cm³/mol. The highest BCUT2D eigenvalue weighted by Crippen LogP contribution is 2.45. The first-order chi connectivity index (χ1) is 14.6. The van der Waals surface area contributed by atoms with Crippen LogP contribution in [-0.2, 0) is 9.47 Å². The van der Waals surface area contributed by atoms with E-state index in [1.807, 2.05) is 0 Å². The summed E-state index contributed by atoms with van der Waals surface area (Å²) in [6, 6.07) is 4.66. The van der Waals surface area contributed by atoms with Crippen LogP contribution in [0.4, 0.5) is 0 Å². The molecule has 0 aromatic heterocycles. The number of rotatable bonds is 3. The number of ketones is 1. The minimum absolute atomic E-state index is 0.0541. The SMILES string of the molecule is Cc1cc(O)c2c(O)c3c(cc2c1)C(OC1OC(CO)C(O)C(O)C1O)CC(O)C3=O. The molecule has 31 heavy (non-hydrogen) atoms. The minimum atomic E-state index is -1.67. The molecular weight excluding hydrogens is 412 g/mol. The zero-order chi connectivity index (χ0) is 22.6. The number of phenols is 2. The number of carbonyl (C=O) groups excluding carboxylic acids is 1. The number of phenolic OH excluding ortho intramolecular Hbond substituents is 2. The molecule has 0 saturated carbocycles. The molecule has 10 nitrogen and oxygen atoms in total. The largest absolute Gasteiger partial charge is 0.507 e. The van der Waals surface area contributed by atoms with Gasteiger partial charge in [0, 0.05) is 6.42 Å². The van der Waals surface area contributed by atoms with Gasteiger partial charge in [-0.1, -0.05) is 6.07 Å². The summed E-state index contributed by atoms with van der Waals surface area (Å²) < 4.78 is 11.1. The first kappa shape index (κ1) is 21.9. The van der Waals surface area contributed by atoms with Gasteiger partial charge in [0.05, 0.1) is 23.7 Å². The van der Waals surface area contributed by atoms with E-state index in [1.54, 1.807) is 13.0 Å². The lowest BCUT2D eigenvalue weighted by Crippen LogP contribution is -2.59. The molecule has 1 aliphatic carbocycles. The van der Waals surface area contributed by atoms with Gasteiger partial charge in [0.25, 0.3) is 0 Å². The highest BCUT2D eigenvalue weighted by atomic mass is 16.7. The maximum absolute atomic E-state index is 12.6. The molecule has 0 amide bonds. The van der Waals surface area contributed by atoms with Crippen molar-refractivity contribution >= 4 is 16.6 Å².